The fourth-order valence-corrected chi connectivity index (χ4v) is 9.56. The van der Waals surface area contributed by atoms with Gasteiger partial charge in [-0.25, -0.2) is 0 Å². The molecule has 0 bridgehead atoms. The van der Waals surface area contributed by atoms with Gasteiger partial charge in [-0.2, -0.15) is 0 Å². The maximum atomic E-state index is 4.68. The van der Waals surface area contributed by atoms with Gasteiger partial charge in [0, 0.05) is 36.4 Å². The summed E-state index contributed by atoms with van der Waals surface area (Å²) in [5.41, 5.74) is 9.77. The van der Waals surface area contributed by atoms with E-state index in [-0.39, 0.29) is 0 Å². The Morgan fingerprint density at radius 2 is 1.06 bits per heavy atom. The molecule has 0 radical (unpaired) electrons. The van der Waals surface area contributed by atoms with Crippen molar-refractivity contribution in [3.05, 3.63) is 170 Å². The summed E-state index contributed by atoms with van der Waals surface area (Å²) in [6, 6.07) is 48.9. The minimum atomic E-state index is 0.909. The summed E-state index contributed by atoms with van der Waals surface area (Å²) < 4.78 is 2.64. The number of fused-ring (bicyclic) bond motifs is 7. The molecule has 7 aromatic carbocycles. The van der Waals surface area contributed by atoms with Crippen molar-refractivity contribution >= 4 is 70.4 Å². The van der Waals surface area contributed by atoms with Crippen LogP contribution >= 0.6 is 23.1 Å². The molecule has 0 saturated heterocycles. The molecule has 1 aliphatic rings. The molecule has 2 heteroatoms. The van der Waals surface area contributed by atoms with Crippen molar-refractivity contribution in [2.75, 3.05) is 5.75 Å². The second-order valence-corrected chi connectivity index (χ2v) is 14.1. The lowest BCUT2D eigenvalue weighted by molar-refractivity contribution is 1.49. The third kappa shape index (κ3) is 4.67. The molecule has 0 N–H and O–H groups in total. The average molecular weight is 635 g/mol. The molecule has 0 aliphatic carbocycles. The Morgan fingerprint density at radius 3 is 1.77 bits per heavy atom. The number of benzene rings is 7. The van der Waals surface area contributed by atoms with E-state index in [2.05, 4.69) is 164 Å². The molecule has 0 amide bonds. The Bertz CT molecular complexity index is 2510. The van der Waals surface area contributed by atoms with Crippen LogP contribution in [0.1, 0.15) is 5.56 Å². The SMILES string of the molecule is C=C1/C=C\C=C/CSc2c1c(-c1c3ccccc3c(-c3ccc(-c4ccccc4)cc3)c3ccccc13)cc1sc3ccccc3c21. The van der Waals surface area contributed by atoms with Crippen LogP contribution in [0.5, 0.6) is 0 Å². The number of thiophene rings is 1. The van der Waals surface area contributed by atoms with Crippen LogP contribution in [0.2, 0.25) is 0 Å². The molecule has 9 rings (SSSR count). The lowest BCUT2D eigenvalue weighted by atomic mass is 9.83. The largest absolute Gasteiger partial charge is 0.135 e. The first-order valence-electron chi connectivity index (χ1n) is 16.0. The topological polar surface area (TPSA) is 0 Å². The van der Waals surface area contributed by atoms with Crippen LogP contribution in [0.3, 0.4) is 0 Å². The zero-order valence-electron chi connectivity index (χ0n) is 25.7. The van der Waals surface area contributed by atoms with Gasteiger partial charge in [0.05, 0.1) is 0 Å². The Kier molecular flexibility index (Phi) is 6.92. The summed E-state index contributed by atoms with van der Waals surface area (Å²) in [7, 11) is 0. The monoisotopic (exact) mass is 634 g/mol. The van der Waals surface area contributed by atoms with E-state index in [1.807, 2.05) is 23.1 Å². The first-order valence-corrected chi connectivity index (χ1v) is 17.8. The lowest BCUT2D eigenvalue weighted by Gasteiger charge is -2.22. The van der Waals surface area contributed by atoms with Gasteiger partial charge in [-0.15, -0.1) is 23.1 Å². The fourth-order valence-electron chi connectivity index (χ4n) is 7.22. The van der Waals surface area contributed by atoms with Gasteiger partial charge >= 0.3 is 0 Å². The standard InChI is InChI=1S/C45H30S2/c1-29-14-4-3-13-27-46-45-41(29)38(28-40-44(45)37-21-11-12-22-39(37)47-40)43-35-19-9-7-17-33(35)42(34-18-8-10-20-36(34)43)32-25-23-31(24-26-32)30-15-5-2-6-16-30/h2-26,28H,1,27H2/b13-3-,14-4-. The predicted octanol–water partition coefficient (Wildman–Crippen LogP) is 13.6. The van der Waals surface area contributed by atoms with Crippen molar-refractivity contribution in [2.45, 2.75) is 4.90 Å². The summed E-state index contributed by atoms with van der Waals surface area (Å²) in [6.45, 7) is 4.68. The Labute approximate surface area is 283 Å². The van der Waals surface area contributed by atoms with Gasteiger partial charge in [0.1, 0.15) is 0 Å². The summed E-state index contributed by atoms with van der Waals surface area (Å²) >= 11 is 3.82. The van der Waals surface area contributed by atoms with Crippen molar-refractivity contribution < 1.29 is 0 Å². The zero-order valence-corrected chi connectivity index (χ0v) is 27.4. The maximum Gasteiger partial charge on any atom is 0.0373 e. The number of hydrogen-bond donors (Lipinski definition) is 0. The summed E-state index contributed by atoms with van der Waals surface area (Å²) in [5.74, 6) is 0.909. The minimum absolute atomic E-state index is 0.909. The number of rotatable bonds is 3. The first-order chi connectivity index (χ1) is 23.3. The molecule has 0 fully saturated rings. The summed E-state index contributed by atoms with van der Waals surface area (Å²) in [4.78, 5) is 1.32. The van der Waals surface area contributed by atoms with E-state index < -0.39 is 0 Å². The molecule has 222 valence electrons. The third-order valence-electron chi connectivity index (χ3n) is 9.29. The molecule has 0 spiro atoms. The number of hydrogen-bond acceptors (Lipinski definition) is 2. The van der Waals surface area contributed by atoms with Gasteiger partial charge in [0.2, 0.25) is 0 Å². The highest BCUT2D eigenvalue weighted by molar-refractivity contribution is 7.99. The molecule has 0 saturated carbocycles. The van der Waals surface area contributed by atoms with Crippen LogP contribution in [-0.4, -0.2) is 5.75 Å². The quantitative estimate of drug-likeness (QED) is 0.174. The van der Waals surface area contributed by atoms with Crippen molar-refractivity contribution in [1.82, 2.24) is 0 Å². The third-order valence-corrected chi connectivity index (χ3v) is 11.5. The predicted molar refractivity (Wildman–Crippen MR) is 209 cm³/mol. The second-order valence-electron chi connectivity index (χ2n) is 12.0. The molecule has 1 aliphatic heterocycles. The Balaban J connectivity index is 1.38. The van der Waals surface area contributed by atoms with Gasteiger partial charge in [-0.1, -0.05) is 152 Å². The zero-order chi connectivity index (χ0) is 31.3. The van der Waals surface area contributed by atoms with Gasteiger partial charge in [-0.3, -0.25) is 0 Å². The smallest absolute Gasteiger partial charge is 0.0373 e. The Hall–Kier alpha value is -5.15. The van der Waals surface area contributed by atoms with Gasteiger partial charge in [0.25, 0.3) is 0 Å². The van der Waals surface area contributed by atoms with Gasteiger partial charge < -0.3 is 0 Å². The van der Waals surface area contributed by atoms with Crippen LogP contribution in [0, 0.1) is 0 Å². The molecule has 1 aromatic heterocycles. The van der Waals surface area contributed by atoms with E-state index in [0.717, 1.165) is 11.3 Å². The molecule has 47 heavy (non-hydrogen) atoms. The van der Waals surface area contributed by atoms with E-state index in [1.165, 1.54) is 85.6 Å². The van der Waals surface area contributed by atoms with Crippen molar-refractivity contribution in [2.24, 2.45) is 0 Å². The highest BCUT2D eigenvalue weighted by Gasteiger charge is 2.24. The van der Waals surface area contributed by atoms with E-state index in [1.54, 1.807) is 0 Å². The van der Waals surface area contributed by atoms with E-state index in [0.29, 0.717) is 0 Å². The second kappa shape index (κ2) is 11.6. The number of thioether (sulfide) groups is 1. The fraction of sp³-hybridized carbons (Fsp3) is 0.0222. The molecular formula is C45H30S2. The normalized spacial score (nSPS) is 14.6. The van der Waals surface area contributed by atoms with Crippen molar-refractivity contribution in [3.8, 4) is 33.4 Å². The van der Waals surface area contributed by atoms with Crippen LogP contribution in [-0.2, 0) is 0 Å². The number of allylic oxidation sites excluding steroid dienone is 4. The van der Waals surface area contributed by atoms with Gasteiger partial charge in [-0.05, 0) is 72.6 Å². The van der Waals surface area contributed by atoms with Crippen LogP contribution in [0.25, 0.3) is 80.7 Å². The maximum absolute atomic E-state index is 4.68. The van der Waals surface area contributed by atoms with Crippen LogP contribution in [0.15, 0.2) is 169 Å². The molecular weight excluding hydrogens is 605 g/mol. The molecule has 0 nitrogen and oxygen atoms in total. The lowest BCUT2D eigenvalue weighted by Crippen LogP contribution is -1.96. The van der Waals surface area contributed by atoms with Crippen LogP contribution in [0.4, 0.5) is 0 Å². The van der Waals surface area contributed by atoms with Gasteiger partial charge in [0.15, 0.2) is 0 Å². The van der Waals surface area contributed by atoms with Crippen LogP contribution < -0.4 is 0 Å². The highest BCUT2D eigenvalue weighted by atomic mass is 32.2. The summed E-state index contributed by atoms with van der Waals surface area (Å²) in [5, 5.41) is 7.72. The van der Waals surface area contributed by atoms with Crippen molar-refractivity contribution in [3.63, 3.8) is 0 Å². The highest BCUT2D eigenvalue weighted by Crippen LogP contribution is 2.51. The van der Waals surface area contributed by atoms with Crippen molar-refractivity contribution in [1.29, 1.82) is 0 Å². The molecule has 0 unspecified atom stereocenters. The minimum Gasteiger partial charge on any atom is -0.135 e. The van der Waals surface area contributed by atoms with E-state index in [4.69, 9.17) is 0 Å². The molecule has 2 heterocycles. The average Bonchev–Trinajstić information content (AvgIpc) is 3.53. The molecule has 8 aromatic rings. The van der Waals surface area contributed by atoms with E-state index >= 15 is 0 Å². The molecule has 0 atom stereocenters. The summed E-state index contributed by atoms with van der Waals surface area (Å²) in [6.07, 6.45) is 8.71. The first kappa shape index (κ1) is 28.1. The Morgan fingerprint density at radius 1 is 0.489 bits per heavy atom. The van der Waals surface area contributed by atoms with E-state index in [9.17, 15) is 0 Å².